The molecule has 0 saturated heterocycles. The van der Waals surface area contributed by atoms with Gasteiger partial charge in [0, 0.05) is 18.8 Å². The van der Waals surface area contributed by atoms with Gasteiger partial charge in [-0.2, -0.15) is 0 Å². The van der Waals surface area contributed by atoms with Crippen LogP contribution in [-0.2, 0) is 11.2 Å². The smallest absolute Gasteiger partial charge is 0.221 e. The first-order chi connectivity index (χ1) is 12.6. The number of carbonyl (C=O) groups excluding carboxylic acids is 1. The first-order valence-electron chi connectivity index (χ1n) is 8.31. The quantitative estimate of drug-likeness (QED) is 0.722. The summed E-state index contributed by atoms with van der Waals surface area (Å²) in [5.41, 5.74) is 2.46. The molecule has 3 nitrogen and oxygen atoms in total. The van der Waals surface area contributed by atoms with Gasteiger partial charge in [0.05, 0.1) is 6.04 Å². The summed E-state index contributed by atoms with van der Waals surface area (Å²) < 4.78 is 26.3. The number of pyridine rings is 1. The number of nitrogens with zero attached hydrogens (tertiary/aromatic N) is 1. The summed E-state index contributed by atoms with van der Waals surface area (Å²) in [4.78, 5) is 16.4. The monoisotopic (exact) mass is 352 g/mol. The molecule has 3 aromatic rings. The summed E-state index contributed by atoms with van der Waals surface area (Å²) in [5.74, 6) is -1.96. The van der Waals surface area contributed by atoms with Gasteiger partial charge in [-0.3, -0.25) is 9.78 Å². The van der Waals surface area contributed by atoms with Gasteiger partial charge in [-0.1, -0.05) is 36.4 Å². The SMILES string of the molecule is O=C(CCc1ccc(F)c(F)c1)NC(c1ccccc1)c1ccncc1. The van der Waals surface area contributed by atoms with Crippen molar-refractivity contribution in [3.8, 4) is 0 Å². The average Bonchev–Trinajstić information content (AvgIpc) is 2.68. The van der Waals surface area contributed by atoms with E-state index in [1.54, 1.807) is 12.4 Å². The summed E-state index contributed by atoms with van der Waals surface area (Å²) in [6.07, 6.45) is 3.87. The molecule has 132 valence electrons. The first kappa shape index (κ1) is 17.7. The topological polar surface area (TPSA) is 42.0 Å². The van der Waals surface area contributed by atoms with Crippen molar-refractivity contribution in [2.75, 3.05) is 0 Å². The largest absolute Gasteiger partial charge is 0.345 e. The molecule has 0 aliphatic rings. The van der Waals surface area contributed by atoms with E-state index in [2.05, 4.69) is 10.3 Å². The lowest BCUT2D eigenvalue weighted by Gasteiger charge is -2.19. The molecule has 0 saturated carbocycles. The highest BCUT2D eigenvalue weighted by atomic mass is 19.2. The van der Waals surface area contributed by atoms with Gasteiger partial charge in [-0.05, 0) is 47.4 Å². The second-order valence-electron chi connectivity index (χ2n) is 5.94. The Morgan fingerprint density at radius 1 is 0.923 bits per heavy atom. The normalized spacial score (nSPS) is 11.8. The zero-order valence-electron chi connectivity index (χ0n) is 14.0. The van der Waals surface area contributed by atoms with Crippen LogP contribution in [0.15, 0.2) is 73.1 Å². The molecule has 0 aliphatic heterocycles. The molecule has 0 bridgehead atoms. The highest BCUT2D eigenvalue weighted by Crippen LogP contribution is 2.21. The molecule has 3 rings (SSSR count). The number of rotatable bonds is 6. The number of aromatic nitrogens is 1. The zero-order chi connectivity index (χ0) is 18.4. The van der Waals surface area contributed by atoms with Crippen LogP contribution in [0.1, 0.15) is 29.2 Å². The molecule has 0 fully saturated rings. The fourth-order valence-corrected chi connectivity index (χ4v) is 2.75. The van der Waals surface area contributed by atoms with E-state index in [9.17, 15) is 13.6 Å². The molecule has 5 heteroatoms. The Morgan fingerprint density at radius 2 is 1.62 bits per heavy atom. The molecule has 1 unspecified atom stereocenters. The average molecular weight is 352 g/mol. The summed E-state index contributed by atoms with van der Waals surface area (Å²) in [6.45, 7) is 0. The maximum absolute atomic E-state index is 13.3. The van der Waals surface area contributed by atoms with Crippen molar-refractivity contribution < 1.29 is 13.6 Å². The molecule has 0 aliphatic carbocycles. The molecular weight excluding hydrogens is 334 g/mol. The third kappa shape index (κ3) is 4.51. The molecule has 1 N–H and O–H groups in total. The van der Waals surface area contributed by atoms with Gasteiger partial charge in [0.2, 0.25) is 5.91 Å². The van der Waals surface area contributed by atoms with Crippen LogP contribution < -0.4 is 5.32 Å². The number of hydrogen-bond donors (Lipinski definition) is 1. The minimum absolute atomic E-state index is 0.166. The van der Waals surface area contributed by atoms with Crippen LogP contribution in [0.5, 0.6) is 0 Å². The third-order valence-corrected chi connectivity index (χ3v) is 4.10. The van der Waals surface area contributed by atoms with Crippen LogP contribution in [-0.4, -0.2) is 10.9 Å². The number of carbonyl (C=O) groups is 1. The third-order valence-electron chi connectivity index (χ3n) is 4.10. The summed E-state index contributed by atoms with van der Waals surface area (Å²) in [7, 11) is 0. The summed E-state index contributed by atoms with van der Waals surface area (Å²) in [5, 5.41) is 3.01. The fourth-order valence-electron chi connectivity index (χ4n) is 2.75. The van der Waals surface area contributed by atoms with Gasteiger partial charge < -0.3 is 5.32 Å². The molecule has 0 spiro atoms. The van der Waals surface area contributed by atoms with Crippen molar-refractivity contribution >= 4 is 5.91 Å². The Morgan fingerprint density at radius 3 is 2.31 bits per heavy atom. The molecule has 2 aromatic carbocycles. The Bertz CT molecular complexity index is 830. The number of halogens is 2. The number of hydrogen-bond acceptors (Lipinski definition) is 2. The first-order valence-corrected chi connectivity index (χ1v) is 8.31. The van der Waals surface area contributed by atoms with Crippen LogP contribution in [0.2, 0.25) is 0 Å². The van der Waals surface area contributed by atoms with E-state index in [4.69, 9.17) is 0 Å². The summed E-state index contributed by atoms with van der Waals surface area (Å²) >= 11 is 0. The van der Waals surface area contributed by atoms with Gasteiger partial charge >= 0.3 is 0 Å². The second-order valence-corrected chi connectivity index (χ2v) is 5.94. The Labute approximate surface area is 150 Å². The predicted octanol–water partition coefficient (Wildman–Crippen LogP) is 4.20. The lowest BCUT2D eigenvalue weighted by molar-refractivity contribution is -0.121. The van der Waals surface area contributed by atoms with Crippen molar-refractivity contribution in [1.82, 2.24) is 10.3 Å². The zero-order valence-corrected chi connectivity index (χ0v) is 14.0. The van der Waals surface area contributed by atoms with Crippen molar-refractivity contribution in [3.05, 3.63) is 101 Å². The van der Waals surface area contributed by atoms with E-state index in [0.29, 0.717) is 12.0 Å². The highest BCUT2D eigenvalue weighted by Gasteiger charge is 2.16. The van der Waals surface area contributed by atoms with Crippen LogP contribution in [0, 0.1) is 11.6 Å². The van der Waals surface area contributed by atoms with E-state index < -0.39 is 11.6 Å². The molecular formula is C21H18F2N2O. The van der Waals surface area contributed by atoms with Gasteiger partial charge in [-0.15, -0.1) is 0 Å². The minimum Gasteiger partial charge on any atom is -0.345 e. The number of aryl methyl sites for hydroxylation is 1. The fraction of sp³-hybridized carbons (Fsp3) is 0.143. The second kappa shape index (κ2) is 8.34. The maximum atomic E-state index is 13.3. The van der Waals surface area contributed by atoms with E-state index in [1.165, 1.54) is 6.07 Å². The van der Waals surface area contributed by atoms with Crippen molar-refractivity contribution in [3.63, 3.8) is 0 Å². The molecule has 1 amide bonds. The van der Waals surface area contributed by atoms with Gasteiger partial charge in [0.15, 0.2) is 11.6 Å². The molecule has 1 atom stereocenters. The minimum atomic E-state index is -0.901. The van der Waals surface area contributed by atoms with Crippen molar-refractivity contribution in [1.29, 1.82) is 0 Å². The van der Waals surface area contributed by atoms with E-state index in [1.807, 2.05) is 42.5 Å². The lowest BCUT2D eigenvalue weighted by atomic mass is 9.99. The number of benzene rings is 2. The van der Waals surface area contributed by atoms with Gasteiger partial charge in [0.1, 0.15) is 0 Å². The van der Waals surface area contributed by atoms with E-state index >= 15 is 0 Å². The van der Waals surface area contributed by atoms with E-state index in [0.717, 1.165) is 23.3 Å². The predicted molar refractivity (Wildman–Crippen MR) is 95.3 cm³/mol. The van der Waals surface area contributed by atoms with Crippen LogP contribution in [0.25, 0.3) is 0 Å². The van der Waals surface area contributed by atoms with Crippen LogP contribution in [0.3, 0.4) is 0 Å². The van der Waals surface area contributed by atoms with Crippen molar-refractivity contribution in [2.24, 2.45) is 0 Å². The number of nitrogens with one attached hydrogen (secondary N) is 1. The molecule has 26 heavy (non-hydrogen) atoms. The Balaban J connectivity index is 1.70. The summed E-state index contributed by atoms with van der Waals surface area (Å²) in [6, 6.07) is 16.7. The Kier molecular flexibility index (Phi) is 5.69. The Hall–Kier alpha value is -3.08. The van der Waals surface area contributed by atoms with Crippen LogP contribution in [0.4, 0.5) is 8.78 Å². The number of amides is 1. The maximum Gasteiger partial charge on any atom is 0.221 e. The molecule has 0 radical (unpaired) electrons. The van der Waals surface area contributed by atoms with Crippen molar-refractivity contribution in [2.45, 2.75) is 18.9 Å². The molecule has 1 aromatic heterocycles. The van der Waals surface area contributed by atoms with Crippen LogP contribution >= 0.6 is 0 Å². The standard InChI is InChI=1S/C21H18F2N2O/c22-18-8-6-15(14-19(18)23)7-9-20(26)25-21(16-4-2-1-3-5-16)17-10-12-24-13-11-17/h1-6,8,10-14,21H,7,9H2,(H,25,26). The van der Waals surface area contributed by atoms with E-state index in [-0.39, 0.29) is 18.4 Å². The molecule has 1 heterocycles. The highest BCUT2D eigenvalue weighted by molar-refractivity contribution is 5.77. The van der Waals surface area contributed by atoms with Gasteiger partial charge in [0.25, 0.3) is 0 Å². The lowest BCUT2D eigenvalue weighted by Crippen LogP contribution is -2.29. The van der Waals surface area contributed by atoms with Gasteiger partial charge in [-0.25, -0.2) is 8.78 Å².